The lowest BCUT2D eigenvalue weighted by Gasteiger charge is -2.26. The summed E-state index contributed by atoms with van der Waals surface area (Å²) < 4.78 is 5.49. The van der Waals surface area contributed by atoms with Gasteiger partial charge in [-0.15, -0.1) is 0 Å². The van der Waals surface area contributed by atoms with Gasteiger partial charge in [0.25, 0.3) is 11.7 Å². The molecular formula is C24H21N3O5. The molecule has 162 valence electrons. The third-order valence-electron chi connectivity index (χ3n) is 5.17. The first kappa shape index (κ1) is 21.0. The molecular weight excluding hydrogens is 410 g/mol. The molecule has 1 saturated heterocycles. The Hall–Kier alpha value is -4.20. The molecule has 1 aromatic carbocycles. The van der Waals surface area contributed by atoms with Crippen molar-refractivity contribution in [2.24, 2.45) is 0 Å². The van der Waals surface area contributed by atoms with Gasteiger partial charge in [-0.25, -0.2) is 0 Å². The summed E-state index contributed by atoms with van der Waals surface area (Å²) in [4.78, 5) is 35.5. The molecule has 1 aliphatic rings. The number of phenols is 1. The highest BCUT2D eigenvalue weighted by molar-refractivity contribution is 6.46. The van der Waals surface area contributed by atoms with Crippen LogP contribution in [0.2, 0.25) is 0 Å². The van der Waals surface area contributed by atoms with Crippen LogP contribution in [0.3, 0.4) is 0 Å². The Kier molecular flexibility index (Phi) is 5.85. The van der Waals surface area contributed by atoms with E-state index in [4.69, 9.17) is 4.74 Å². The number of Topliss-reactive ketones (excluding diaryl/α,β-unsaturated/α-hetero) is 1. The zero-order valence-corrected chi connectivity index (χ0v) is 17.3. The van der Waals surface area contributed by atoms with Crippen LogP contribution in [0.15, 0.2) is 72.8 Å². The number of hydrogen-bond donors (Lipinski definition) is 2. The number of rotatable bonds is 6. The number of hydrogen-bond acceptors (Lipinski definition) is 7. The third kappa shape index (κ3) is 3.90. The molecule has 1 unspecified atom stereocenters. The normalized spacial score (nSPS) is 17.5. The van der Waals surface area contributed by atoms with Crippen molar-refractivity contribution in [2.75, 3.05) is 6.61 Å². The van der Waals surface area contributed by atoms with Crippen molar-refractivity contribution in [2.45, 2.75) is 19.5 Å². The molecule has 0 radical (unpaired) electrons. The van der Waals surface area contributed by atoms with Crippen molar-refractivity contribution in [1.29, 1.82) is 0 Å². The summed E-state index contributed by atoms with van der Waals surface area (Å²) in [7, 11) is 0. The van der Waals surface area contributed by atoms with Gasteiger partial charge in [0, 0.05) is 36.9 Å². The molecule has 0 bridgehead atoms. The SMILES string of the molecule is CCOc1cc(C2/C(=C(\O)c3ccncc3)C(=O)C(=O)N2Cc2cccnc2)ccc1O. The van der Waals surface area contributed by atoms with E-state index < -0.39 is 17.7 Å². The highest BCUT2D eigenvalue weighted by Gasteiger charge is 2.46. The van der Waals surface area contributed by atoms with E-state index in [9.17, 15) is 19.8 Å². The number of phenolic OH excluding ortho intramolecular Hbond substituents is 1. The Bertz CT molecular complexity index is 1180. The second-order valence-corrected chi connectivity index (χ2v) is 7.18. The van der Waals surface area contributed by atoms with E-state index in [0.717, 1.165) is 5.56 Å². The van der Waals surface area contributed by atoms with Crippen molar-refractivity contribution >= 4 is 17.4 Å². The van der Waals surface area contributed by atoms with Crippen molar-refractivity contribution < 1.29 is 24.5 Å². The summed E-state index contributed by atoms with van der Waals surface area (Å²) >= 11 is 0. The average molecular weight is 431 g/mol. The van der Waals surface area contributed by atoms with Gasteiger partial charge in [-0.3, -0.25) is 19.6 Å². The van der Waals surface area contributed by atoms with Gasteiger partial charge in [-0.2, -0.15) is 0 Å². The Morgan fingerprint density at radius 3 is 2.56 bits per heavy atom. The van der Waals surface area contributed by atoms with Crippen LogP contribution >= 0.6 is 0 Å². The molecule has 1 fully saturated rings. The first-order chi connectivity index (χ1) is 15.5. The number of ether oxygens (including phenoxy) is 1. The first-order valence-electron chi connectivity index (χ1n) is 10.0. The van der Waals surface area contributed by atoms with Crippen molar-refractivity contribution in [3.8, 4) is 11.5 Å². The fourth-order valence-corrected chi connectivity index (χ4v) is 3.72. The Labute approximate surface area is 184 Å². The predicted molar refractivity (Wildman–Crippen MR) is 116 cm³/mol. The Balaban J connectivity index is 1.88. The largest absolute Gasteiger partial charge is 0.507 e. The maximum absolute atomic E-state index is 13.1. The third-order valence-corrected chi connectivity index (χ3v) is 5.17. The van der Waals surface area contributed by atoms with Crippen LogP contribution in [-0.4, -0.2) is 43.4 Å². The van der Waals surface area contributed by atoms with Crippen molar-refractivity contribution in [1.82, 2.24) is 14.9 Å². The fraction of sp³-hybridized carbons (Fsp3) is 0.167. The smallest absolute Gasteiger partial charge is 0.295 e. The summed E-state index contributed by atoms with van der Waals surface area (Å²) in [6, 6.07) is 10.4. The van der Waals surface area contributed by atoms with E-state index in [2.05, 4.69) is 9.97 Å². The molecule has 3 heterocycles. The highest BCUT2D eigenvalue weighted by Crippen LogP contribution is 2.42. The van der Waals surface area contributed by atoms with Gasteiger partial charge in [0.2, 0.25) is 0 Å². The average Bonchev–Trinajstić information content (AvgIpc) is 3.06. The van der Waals surface area contributed by atoms with Crippen LogP contribution in [0.4, 0.5) is 0 Å². The van der Waals surface area contributed by atoms with Gasteiger partial charge in [0.1, 0.15) is 5.76 Å². The molecule has 8 nitrogen and oxygen atoms in total. The molecule has 1 amide bonds. The fourth-order valence-electron chi connectivity index (χ4n) is 3.72. The van der Waals surface area contributed by atoms with E-state index in [1.54, 1.807) is 55.7 Å². The minimum Gasteiger partial charge on any atom is -0.507 e. The monoisotopic (exact) mass is 431 g/mol. The van der Waals surface area contributed by atoms with E-state index in [0.29, 0.717) is 17.7 Å². The zero-order valence-electron chi connectivity index (χ0n) is 17.3. The predicted octanol–water partition coefficient (Wildman–Crippen LogP) is 3.20. The molecule has 1 atom stereocenters. The Morgan fingerprint density at radius 2 is 1.88 bits per heavy atom. The second-order valence-electron chi connectivity index (χ2n) is 7.18. The molecule has 0 saturated carbocycles. The molecule has 2 N–H and O–H groups in total. The van der Waals surface area contributed by atoms with Gasteiger partial charge in [0.05, 0.1) is 18.2 Å². The van der Waals surface area contributed by atoms with Crippen molar-refractivity contribution in [3.05, 3.63) is 89.5 Å². The molecule has 8 heteroatoms. The molecule has 1 aliphatic heterocycles. The van der Waals surface area contributed by atoms with Gasteiger partial charge >= 0.3 is 0 Å². The minimum atomic E-state index is -0.886. The lowest BCUT2D eigenvalue weighted by Crippen LogP contribution is -2.29. The number of aliphatic hydroxyl groups is 1. The van der Waals surface area contributed by atoms with E-state index >= 15 is 0 Å². The number of pyridine rings is 2. The Morgan fingerprint density at radius 1 is 1.09 bits per heavy atom. The molecule has 3 aromatic rings. The summed E-state index contributed by atoms with van der Waals surface area (Å²) in [5.41, 5.74) is 1.57. The van der Waals surface area contributed by atoms with E-state index in [1.165, 1.54) is 23.4 Å². The summed E-state index contributed by atoms with van der Waals surface area (Å²) in [6.45, 7) is 2.22. The number of likely N-dealkylation sites (tertiary alicyclic amines) is 1. The number of carbonyl (C=O) groups is 2. The number of benzene rings is 1. The topological polar surface area (TPSA) is 113 Å². The summed E-state index contributed by atoms with van der Waals surface area (Å²) in [6.07, 6.45) is 6.21. The number of aliphatic hydroxyl groups excluding tert-OH is 1. The second kappa shape index (κ2) is 8.89. The van der Waals surface area contributed by atoms with Crippen LogP contribution < -0.4 is 4.74 Å². The molecule has 32 heavy (non-hydrogen) atoms. The van der Waals surface area contributed by atoms with E-state index in [-0.39, 0.29) is 29.4 Å². The number of ketones is 1. The standard InChI is InChI=1S/C24H21N3O5/c1-2-32-19-12-17(5-6-18(19)28)21-20(22(29)16-7-10-25-11-8-16)23(30)24(31)27(21)14-15-4-3-9-26-13-15/h3-13,21,28-29H,2,14H2,1H3/b22-20+. The van der Waals surface area contributed by atoms with Crippen LogP contribution in [-0.2, 0) is 16.1 Å². The highest BCUT2D eigenvalue weighted by atomic mass is 16.5. The maximum Gasteiger partial charge on any atom is 0.295 e. The van der Waals surface area contributed by atoms with Crippen LogP contribution in [0.5, 0.6) is 11.5 Å². The summed E-state index contributed by atoms with van der Waals surface area (Å²) in [5.74, 6) is -1.66. The number of aromatic hydroxyl groups is 1. The number of nitrogens with zero attached hydrogens (tertiary/aromatic N) is 3. The lowest BCUT2D eigenvalue weighted by atomic mass is 9.95. The molecule has 2 aromatic heterocycles. The summed E-state index contributed by atoms with van der Waals surface area (Å²) in [5, 5.41) is 21.1. The maximum atomic E-state index is 13.1. The lowest BCUT2D eigenvalue weighted by molar-refractivity contribution is -0.140. The van der Waals surface area contributed by atoms with Crippen LogP contribution in [0.25, 0.3) is 5.76 Å². The van der Waals surface area contributed by atoms with E-state index in [1.807, 2.05) is 0 Å². The van der Waals surface area contributed by atoms with Crippen molar-refractivity contribution in [3.63, 3.8) is 0 Å². The zero-order chi connectivity index (χ0) is 22.7. The number of amides is 1. The van der Waals surface area contributed by atoms with Gasteiger partial charge in [0.15, 0.2) is 11.5 Å². The first-order valence-corrected chi connectivity index (χ1v) is 10.0. The van der Waals surface area contributed by atoms with Crippen LogP contribution in [0, 0.1) is 0 Å². The molecule has 0 aliphatic carbocycles. The van der Waals surface area contributed by atoms with Gasteiger partial charge < -0.3 is 19.8 Å². The number of carbonyl (C=O) groups excluding carboxylic acids is 2. The molecule has 0 spiro atoms. The minimum absolute atomic E-state index is 0.0433. The van der Waals surface area contributed by atoms with Gasteiger partial charge in [-0.1, -0.05) is 12.1 Å². The molecule has 4 rings (SSSR count). The quantitative estimate of drug-likeness (QED) is 0.350. The number of aromatic nitrogens is 2. The van der Waals surface area contributed by atoms with Crippen LogP contribution in [0.1, 0.15) is 29.7 Å². The van der Waals surface area contributed by atoms with Gasteiger partial charge in [-0.05, 0) is 48.4 Å².